The zero-order valence-electron chi connectivity index (χ0n) is 24.2. The van der Waals surface area contributed by atoms with Crippen LogP contribution in [0, 0.1) is 0 Å². The molecule has 0 aliphatic carbocycles. The summed E-state index contributed by atoms with van der Waals surface area (Å²) in [6.07, 6.45) is 1.94. The summed E-state index contributed by atoms with van der Waals surface area (Å²) in [6, 6.07) is 56.7. The predicted molar refractivity (Wildman–Crippen MR) is 189 cm³/mol. The van der Waals surface area contributed by atoms with Crippen molar-refractivity contribution in [3.8, 4) is 5.95 Å². The summed E-state index contributed by atoms with van der Waals surface area (Å²) in [5, 5.41) is 5.98. The molecule has 6 aromatic carbocycles. The molecule has 45 heavy (non-hydrogen) atoms. The highest BCUT2D eigenvalue weighted by atomic mass is 32.3. The topological polar surface area (TPSA) is 30.7 Å². The van der Waals surface area contributed by atoms with Gasteiger partial charge in [0.25, 0.3) is 0 Å². The molecule has 5 heteroatoms. The molecule has 0 saturated heterocycles. The van der Waals surface area contributed by atoms with Crippen molar-refractivity contribution in [3.63, 3.8) is 0 Å². The quantitative estimate of drug-likeness (QED) is 0.181. The fourth-order valence-electron chi connectivity index (χ4n) is 6.70. The number of para-hydroxylation sites is 2. The molecule has 0 saturated carbocycles. The van der Waals surface area contributed by atoms with Gasteiger partial charge in [0.15, 0.2) is 0 Å². The Morgan fingerprint density at radius 1 is 0.489 bits per heavy atom. The molecule has 214 valence electrons. The van der Waals surface area contributed by atoms with Crippen molar-refractivity contribution < 1.29 is 0 Å². The highest BCUT2D eigenvalue weighted by Crippen LogP contribution is 2.74. The van der Waals surface area contributed by atoms with E-state index in [2.05, 4.69) is 162 Å². The Balaban J connectivity index is 1.42. The molecule has 0 atom stereocenters. The van der Waals surface area contributed by atoms with E-state index in [1.54, 1.807) is 0 Å². The van der Waals surface area contributed by atoms with E-state index in [-0.39, 0.29) is 0 Å². The van der Waals surface area contributed by atoms with Crippen LogP contribution in [-0.2, 0) is 0 Å². The van der Waals surface area contributed by atoms with Crippen molar-refractivity contribution in [1.29, 1.82) is 0 Å². The second kappa shape index (κ2) is 10.4. The van der Waals surface area contributed by atoms with Crippen molar-refractivity contribution >= 4 is 63.3 Å². The first-order valence-electron chi connectivity index (χ1n) is 15.0. The van der Waals surface area contributed by atoms with Crippen LogP contribution in [0.25, 0.3) is 47.9 Å². The third kappa shape index (κ3) is 3.91. The summed E-state index contributed by atoms with van der Waals surface area (Å²) in [4.78, 5) is 14.3. The van der Waals surface area contributed by atoms with Crippen molar-refractivity contribution in [3.05, 3.63) is 164 Å². The molecule has 0 N–H and O–H groups in total. The predicted octanol–water partition coefficient (Wildman–Crippen LogP) is 11.3. The minimum Gasteiger partial charge on any atom is -0.278 e. The summed E-state index contributed by atoms with van der Waals surface area (Å²) in [7, 11) is -2.06. The van der Waals surface area contributed by atoms with E-state index in [4.69, 9.17) is 9.97 Å². The molecule has 3 aromatic heterocycles. The average Bonchev–Trinajstić information content (AvgIpc) is 3.66. The third-order valence-corrected chi connectivity index (χ3v) is 13.8. The van der Waals surface area contributed by atoms with E-state index in [0.29, 0.717) is 5.95 Å². The van der Waals surface area contributed by atoms with Gasteiger partial charge in [0.2, 0.25) is 5.95 Å². The summed E-state index contributed by atoms with van der Waals surface area (Å²) in [5.74, 6) is 0.678. The van der Waals surface area contributed by atoms with Crippen LogP contribution in [0.3, 0.4) is 0 Å². The third-order valence-electron chi connectivity index (χ3n) is 8.60. The normalized spacial score (nSPS) is 12.4. The molecule has 0 unspecified atom stereocenters. The van der Waals surface area contributed by atoms with Gasteiger partial charge >= 0.3 is 0 Å². The van der Waals surface area contributed by atoms with Gasteiger partial charge in [0.1, 0.15) is 0 Å². The molecule has 3 heterocycles. The van der Waals surface area contributed by atoms with Crippen LogP contribution in [0.5, 0.6) is 0 Å². The molecule has 3 nitrogen and oxygen atoms in total. The number of hydrogen-bond acceptors (Lipinski definition) is 3. The number of hydrogen-bond donors (Lipinski definition) is 0. The number of rotatable bonds is 5. The van der Waals surface area contributed by atoms with Gasteiger partial charge in [-0.15, -0.1) is 21.4 Å². The van der Waals surface area contributed by atoms with Crippen LogP contribution in [0.2, 0.25) is 0 Å². The summed E-state index contributed by atoms with van der Waals surface area (Å²) < 4.78 is 4.82. The van der Waals surface area contributed by atoms with Gasteiger partial charge in [0, 0.05) is 51.8 Å². The van der Waals surface area contributed by atoms with Crippen LogP contribution in [0.4, 0.5) is 0 Å². The van der Waals surface area contributed by atoms with Crippen molar-refractivity contribution in [1.82, 2.24) is 14.5 Å². The Hall–Kier alpha value is -5.23. The van der Waals surface area contributed by atoms with Gasteiger partial charge in [-0.3, -0.25) is 4.57 Å². The molecule has 9 aromatic rings. The maximum absolute atomic E-state index is 5.57. The standard InChI is InChI=1S/C40H27N3S2/c1-3-14-28(15-4-1)45(29-16-5-2-6-17-29,37-25-13-21-33-32-20-9-12-24-36(32)44-39(33)37)38-26-27-41-40(42-38)43-34-22-10-7-18-30(34)31-19-8-11-23-35(31)43/h1-27H. The van der Waals surface area contributed by atoms with Gasteiger partial charge in [-0.25, -0.2) is 9.97 Å². The summed E-state index contributed by atoms with van der Waals surface area (Å²) >= 11 is 1.88. The maximum Gasteiger partial charge on any atom is 0.235 e. The molecule has 9 rings (SSSR count). The van der Waals surface area contributed by atoms with Gasteiger partial charge < -0.3 is 0 Å². The lowest BCUT2D eigenvalue weighted by atomic mass is 10.1. The van der Waals surface area contributed by atoms with Crippen LogP contribution in [0.1, 0.15) is 0 Å². The Kier molecular flexibility index (Phi) is 6.08. The molecular formula is C40H27N3S2. The lowest BCUT2D eigenvalue weighted by Gasteiger charge is -2.41. The Labute approximate surface area is 266 Å². The van der Waals surface area contributed by atoms with E-state index >= 15 is 0 Å². The molecule has 0 aliphatic heterocycles. The lowest BCUT2D eigenvalue weighted by Crippen LogP contribution is -2.10. The van der Waals surface area contributed by atoms with Gasteiger partial charge in [0.05, 0.1) is 16.1 Å². The van der Waals surface area contributed by atoms with Gasteiger partial charge in [-0.1, -0.05) is 103 Å². The number of nitrogens with zero attached hydrogens (tertiary/aromatic N) is 3. The number of aromatic nitrogens is 3. The van der Waals surface area contributed by atoms with E-state index in [1.165, 1.54) is 45.6 Å². The Morgan fingerprint density at radius 2 is 1.04 bits per heavy atom. The molecule has 0 spiro atoms. The van der Waals surface area contributed by atoms with Crippen molar-refractivity contribution in [2.45, 2.75) is 19.7 Å². The van der Waals surface area contributed by atoms with Gasteiger partial charge in [-0.05, 0) is 54.6 Å². The fourth-order valence-corrected chi connectivity index (χ4v) is 12.1. The monoisotopic (exact) mass is 613 g/mol. The zero-order chi connectivity index (χ0) is 29.8. The van der Waals surface area contributed by atoms with E-state index in [0.717, 1.165) is 16.1 Å². The number of benzene rings is 6. The average molecular weight is 614 g/mol. The zero-order valence-corrected chi connectivity index (χ0v) is 25.9. The molecule has 0 amide bonds. The highest BCUT2D eigenvalue weighted by molar-refractivity contribution is 8.34. The smallest absolute Gasteiger partial charge is 0.235 e. The van der Waals surface area contributed by atoms with E-state index in [1.807, 2.05) is 17.5 Å². The first-order chi connectivity index (χ1) is 22.3. The largest absolute Gasteiger partial charge is 0.278 e. The minimum atomic E-state index is -2.06. The second-order valence-corrected chi connectivity index (χ2v) is 15.1. The SMILES string of the molecule is c1ccc(S(c2ccccc2)(c2ccnc(-n3c4ccccc4c4ccccc43)n2)c2cccc3c2sc2ccccc23)cc1. The minimum absolute atomic E-state index is 0.678. The molecule has 0 radical (unpaired) electrons. The second-order valence-electron chi connectivity index (χ2n) is 11.0. The first kappa shape index (κ1) is 26.2. The summed E-state index contributed by atoms with van der Waals surface area (Å²) in [5.41, 5.74) is 2.20. The molecular weight excluding hydrogens is 587 g/mol. The fraction of sp³-hybridized carbons (Fsp3) is 0. The molecule has 0 fully saturated rings. The first-order valence-corrected chi connectivity index (χ1v) is 17.4. The van der Waals surface area contributed by atoms with Crippen molar-refractivity contribution in [2.75, 3.05) is 0 Å². The number of fused-ring (bicyclic) bond motifs is 6. The molecule has 0 aliphatic rings. The van der Waals surface area contributed by atoms with E-state index < -0.39 is 10.0 Å². The number of thiophene rings is 1. The van der Waals surface area contributed by atoms with Crippen LogP contribution in [-0.4, -0.2) is 14.5 Å². The van der Waals surface area contributed by atoms with Gasteiger partial charge in [-0.2, -0.15) is 0 Å². The Bertz CT molecular complexity index is 2400. The van der Waals surface area contributed by atoms with E-state index in [9.17, 15) is 0 Å². The van der Waals surface area contributed by atoms with Crippen LogP contribution in [0.15, 0.2) is 184 Å². The Morgan fingerprint density at radius 3 is 1.71 bits per heavy atom. The van der Waals surface area contributed by atoms with Crippen molar-refractivity contribution in [2.24, 2.45) is 0 Å². The lowest BCUT2D eigenvalue weighted by molar-refractivity contribution is 0.924. The van der Waals surface area contributed by atoms with Crippen LogP contribution < -0.4 is 0 Å². The maximum atomic E-state index is 5.57. The summed E-state index contributed by atoms with van der Waals surface area (Å²) in [6.45, 7) is 0. The van der Waals surface area contributed by atoms with Crippen LogP contribution >= 0.6 is 21.4 Å². The molecule has 0 bridgehead atoms. The highest BCUT2D eigenvalue weighted by Gasteiger charge is 2.37.